The van der Waals surface area contributed by atoms with E-state index in [4.69, 9.17) is 22.9 Å². The monoisotopic (exact) mass is 944 g/mol. The van der Waals surface area contributed by atoms with Gasteiger partial charge in [-0.05, 0) is 51.5 Å². The van der Waals surface area contributed by atoms with E-state index in [1.165, 1.54) is 0 Å². The number of aliphatic carboxylic acids is 3. The van der Waals surface area contributed by atoms with Gasteiger partial charge in [-0.3, -0.25) is 57.7 Å². The second-order valence-electron chi connectivity index (χ2n) is 15.4. The van der Waals surface area contributed by atoms with Gasteiger partial charge in [-0.15, -0.1) is 0 Å². The van der Waals surface area contributed by atoms with E-state index in [9.17, 15) is 68.1 Å². The molecule has 1 heterocycles. The Labute approximate surface area is 376 Å². The van der Waals surface area contributed by atoms with E-state index in [1.54, 1.807) is 0 Å². The molecule has 0 bridgehead atoms. The quantitative estimate of drug-likeness (QED) is 0.0376. The van der Waals surface area contributed by atoms with Crippen LogP contribution in [0, 0.1) is 17.8 Å². The van der Waals surface area contributed by atoms with Crippen LogP contribution in [-0.4, -0.2) is 147 Å². The number of unbranched alkanes of at least 4 members (excludes halogenated alkanes) is 1. The van der Waals surface area contributed by atoms with E-state index in [0.29, 0.717) is 19.3 Å². The number of carbonyl (C=O) groups is 11. The molecule has 24 nitrogen and oxygen atoms in total. The van der Waals surface area contributed by atoms with Gasteiger partial charge in [0.2, 0.25) is 29.5 Å². The number of carboxylic acid groups (broad SMARTS) is 3. The number of carboxylic acids is 3. The zero-order valence-corrected chi connectivity index (χ0v) is 36.9. The van der Waals surface area contributed by atoms with Crippen molar-refractivity contribution >= 4 is 92.3 Å². The Hall–Kier alpha value is -5.34. The van der Waals surface area contributed by atoms with Gasteiger partial charge in [-0.1, -0.05) is 28.0 Å². The second-order valence-corrected chi connectivity index (χ2v) is 18.0. The molecular formula is C38H60N10O14S2. The van der Waals surface area contributed by atoms with Gasteiger partial charge in [0.1, 0.15) is 28.9 Å². The standard InChI is InChI=1S/C38H60N10O14S2/c39-11-2-1-7-23-27(50)10-9-26(49)20-5-3-6-21(20)28(51)13-19(14-31(53)54)33(57)44-16-29(37(61)62)64-63-18-22(40)34(58)48-24(8-4-12-43-38(41)42)35(59)45-17-30(52)46-25(15-32(55)56)36(60)47-23/h19-25,29H,1-18,39-40H2,(H,44,57)(H,45,59)(H,46,52)(H,47,60)(H,48,58)(H,53,54)(H,55,56)(H,61,62)(H4,41,42,43)/t19-,20?,21+,22-,23-,24-,25-,29+/m0/s1. The number of nitrogens with zero attached hydrogens (tertiary/aromatic N) is 1. The van der Waals surface area contributed by atoms with E-state index in [0.717, 1.165) is 21.6 Å². The first-order valence-electron chi connectivity index (χ1n) is 20.7. The van der Waals surface area contributed by atoms with Crippen LogP contribution >= 0.6 is 21.6 Å². The lowest BCUT2D eigenvalue weighted by molar-refractivity contribution is -0.143. The molecule has 2 fully saturated rings. The molecular weight excluding hydrogens is 885 g/mol. The molecule has 26 heteroatoms. The third-order valence-electron chi connectivity index (χ3n) is 10.4. The fourth-order valence-electron chi connectivity index (χ4n) is 7.02. The minimum atomic E-state index is -1.73. The molecule has 0 radical (unpaired) electrons. The fourth-order valence-corrected chi connectivity index (χ4v) is 9.41. The van der Waals surface area contributed by atoms with Crippen molar-refractivity contribution in [2.45, 2.75) is 113 Å². The van der Waals surface area contributed by atoms with E-state index >= 15 is 0 Å². The van der Waals surface area contributed by atoms with Crippen LogP contribution in [0.4, 0.5) is 0 Å². The number of carbonyl (C=O) groups excluding carboxylic acids is 8. The Morgan fingerprint density at radius 2 is 1.33 bits per heavy atom. The van der Waals surface area contributed by atoms with Gasteiger partial charge in [0.25, 0.3) is 0 Å². The van der Waals surface area contributed by atoms with Crippen LogP contribution < -0.4 is 49.5 Å². The molecule has 1 unspecified atom stereocenters. The Balaban J connectivity index is 2.46. The lowest BCUT2D eigenvalue weighted by Crippen LogP contribution is -2.55. The number of Topliss-reactive ketones (excluding diaryl/α,β-unsaturated/α-hetero) is 3. The van der Waals surface area contributed by atoms with Crippen LogP contribution in [0.25, 0.3) is 0 Å². The molecule has 0 aromatic heterocycles. The first-order valence-corrected chi connectivity index (χ1v) is 23.1. The van der Waals surface area contributed by atoms with E-state index in [-0.39, 0.29) is 69.7 Å². The molecule has 8 atom stereocenters. The molecule has 2 aliphatic rings. The average molecular weight is 945 g/mol. The highest BCUT2D eigenvalue weighted by atomic mass is 33.1. The predicted octanol–water partition coefficient (Wildman–Crippen LogP) is -3.11. The Bertz CT molecular complexity index is 1750. The number of nitrogens with one attached hydrogen (secondary N) is 5. The van der Waals surface area contributed by atoms with Gasteiger partial charge in [-0.25, -0.2) is 0 Å². The maximum absolute atomic E-state index is 13.6. The largest absolute Gasteiger partial charge is 0.481 e. The number of amides is 5. The van der Waals surface area contributed by atoms with Gasteiger partial charge in [-0.2, -0.15) is 0 Å². The SMILES string of the molecule is NCCCC[C@@H]1NC(=O)[C@H](CC(=O)O)NC(=O)CNC(=O)[C@H](CCCN=C(N)N)NC(=O)[C@@H](N)CSS[C@@H](C(=O)O)CNC(=O)[C@H](CC(=O)O)CC(=O)[C@@H]2CCCC2C(=O)CCC1=O. The van der Waals surface area contributed by atoms with Crippen LogP contribution in [0.15, 0.2) is 4.99 Å². The summed E-state index contributed by atoms with van der Waals surface area (Å²) < 4.78 is 0. The molecule has 1 aliphatic carbocycles. The number of fused-ring (bicyclic) bond motifs is 1. The summed E-state index contributed by atoms with van der Waals surface area (Å²) in [5.74, 6) is -14.2. The third kappa shape index (κ3) is 20.0. The lowest BCUT2D eigenvalue weighted by Gasteiger charge is -2.23. The van der Waals surface area contributed by atoms with Crippen molar-refractivity contribution in [3.63, 3.8) is 0 Å². The zero-order chi connectivity index (χ0) is 47.9. The molecule has 1 saturated heterocycles. The van der Waals surface area contributed by atoms with Crippen LogP contribution in [-0.2, 0) is 52.7 Å². The van der Waals surface area contributed by atoms with Gasteiger partial charge in [0, 0.05) is 49.9 Å². The van der Waals surface area contributed by atoms with E-state index in [1.807, 2.05) is 0 Å². The maximum atomic E-state index is 13.6. The lowest BCUT2D eigenvalue weighted by atomic mass is 9.82. The van der Waals surface area contributed by atoms with E-state index in [2.05, 4.69) is 31.6 Å². The van der Waals surface area contributed by atoms with Crippen LogP contribution in [0.1, 0.15) is 83.5 Å². The summed E-state index contributed by atoms with van der Waals surface area (Å²) in [6.07, 6.45) is -1.07. The summed E-state index contributed by atoms with van der Waals surface area (Å²) in [4.78, 5) is 146. The van der Waals surface area contributed by atoms with Crippen molar-refractivity contribution in [1.29, 1.82) is 0 Å². The van der Waals surface area contributed by atoms with Crippen molar-refractivity contribution in [3.8, 4) is 0 Å². The smallest absolute Gasteiger partial charge is 0.319 e. The normalized spacial score (nSPS) is 26.9. The molecule has 1 saturated carbocycles. The number of ketones is 3. The number of guanidine groups is 1. The number of nitrogens with two attached hydrogens (primary N) is 4. The van der Waals surface area contributed by atoms with Gasteiger partial charge in [0.15, 0.2) is 11.7 Å². The molecule has 358 valence electrons. The maximum Gasteiger partial charge on any atom is 0.319 e. The molecule has 64 heavy (non-hydrogen) atoms. The van der Waals surface area contributed by atoms with Crippen molar-refractivity contribution < 1.29 is 68.1 Å². The molecule has 1 aliphatic heterocycles. The molecule has 16 N–H and O–H groups in total. The Kier molecular flexibility index (Phi) is 24.4. The summed E-state index contributed by atoms with van der Waals surface area (Å²) in [5.41, 5.74) is 22.4. The Morgan fingerprint density at radius 3 is 1.95 bits per heavy atom. The summed E-state index contributed by atoms with van der Waals surface area (Å²) in [6.45, 7) is -1.01. The first kappa shape index (κ1) is 54.8. The minimum Gasteiger partial charge on any atom is -0.481 e. The highest BCUT2D eigenvalue weighted by Crippen LogP contribution is 2.36. The number of hydrogen-bond donors (Lipinski definition) is 12. The zero-order valence-electron chi connectivity index (χ0n) is 35.3. The van der Waals surface area contributed by atoms with Gasteiger partial charge in [0.05, 0.1) is 37.4 Å². The molecule has 2 rings (SSSR count). The molecule has 0 aromatic carbocycles. The average Bonchev–Trinajstić information content (AvgIpc) is 3.73. The van der Waals surface area contributed by atoms with Gasteiger partial charge < -0.3 is 64.8 Å². The molecule has 5 amide bonds. The highest BCUT2D eigenvalue weighted by molar-refractivity contribution is 8.77. The number of aliphatic imine (C=N–C) groups is 1. The molecule has 0 spiro atoms. The van der Waals surface area contributed by atoms with Gasteiger partial charge >= 0.3 is 17.9 Å². The van der Waals surface area contributed by atoms with Crippen molar-refractivity contribution in [3.05, 3.63) is 0 Å². The van der Waals surface area contributed by atoms with Crippen molar-refractivity contribution in [1.82, 2.24) is 26.6 Å². The predicted molar refractivity (Wildman–Crippen MR) is 232 cm³/mol. The Morgan fingerprint density at radius 1 is 0.703 bits per heavy atom. The fraction of sp³-hybridized carbons (Fsp3) is 0.684. The summed E-state index contributed by atoms with van der Waals surface area (Å²) >= 11 is 0. The van der Waals surface area contributed by atoms with Crippen molar-refractivity contribution in [2.75, 3.05) is 31.9 Å². The van der Waals surface area contributed by atoms with Crippen LogP contribution in [0.5, 0.6) is 0 Å². The third-order valence-corrected chi connectivity index (χ3v) is 13.1. The second kappa shape index (κ2) is 28.5. The van der Waals surface area contributed by atoms with E-state index < -0.39 is 144 Å². The van der Waals surface area contributed by atoms with Crippen LogP contribution in [0.2, 0.25) is 0 Å². The summed E-state index contributed by atoms with van der Waals surface area (Å²) in [5, 5.41) is 39.5. The van der Waals surface area contributed by atoms with Crippen molar-refractivity contribution in [2.24, 2.45) is 45.7 Å². The minimum absolute atomic E-state index is 0.0422. The highest BCUT2D eigenvalue weighted by Gasteiger charge is 2.40. The summed E-state index contributed by atoms with van der Waals surface area (Å²) in [6, 6.07) is -5.62. The van der Waals surface area contributed by atoms with Crippen LogP contribution in [0.3, 0.4) is 0 Å². The first-order chi connectivity index (χ1) is 30.2. The molecule has 0 aromatic rings. The number of rotatable bonds is 13. The summed E-state index contributed by atoms with van der Waals surface area (Å²) in [7, 11) is 1.58. The topological polar surface area (TPSA) is 425 Å². The number of hydrogen-bond acceptors (Lipinski definition) is 16.